The van der Waals surface area contributed by atoms with Crippen molar-refractivity contribution in [1.29, 1.82) is 0 Å². The molecule has 1 N–H and O–H groups in total. The number of nitrogens with one attached hydrogen (secondary N) is 1. The van der Waals surface area contributed by atoms with E-state index < -0.39 is 6.04 Å². The number of methoxy groups -OCH3 is 1. The van der Waals surface area contributed by atoms with Crippen molar-refractivity contribution in [1.82, 2.24) is 4.57 Å². The lowest BCUT2D eigenvalue weighted by atomic mass is 9.95. The molecule has 1 amide bonds. The summed E-state index contributed by atoms with van der Waals surface area (Å²) in [6.45, 7) is 2.05. The molecule has 1 aromatic heterocycles. The van der Waals surface area contributed by atoms with Crippen LogP contribution in [0.2, 0.25) is 5.02 Å². The van der Waals surface area contributed by atoms with Crippen molar-refractivity contribution in [3.05, 3.63) is 152 Å². The molecule has 1 aliphatic heterocycles. The Labute approximate surface area is 296 Å². The zero-order valence-electron chi connectivity index (χ0n) is 24.6. The van der Waals surface area contributed by atoms with E-state index in [0.717, 1.165) is 19.2 Å². The summed E-state index contributed by atoms with van der Waals surface area (Å²) in [6, 6.07) is 27.2. The number of hydrogen-bond donors (Lipinski definition) is 1. The summed E-state index contributed by atoms with van der Waals surface area (Å²) in [5.41, 5.74) is 3.55. The van der Waals surface area contributed by atoms with Gasteiger partial charge in [-0.1, -0.05) is 87.4 Å². The molecule has 0 aliphatic carbocycles. The number of allylic oxidation sites excluding steroid dienone is 1. The predicted molar refractivity (Wildman–Crippen MR) is 194 cm³/mol. The average molecular weight is 827 g/mol. The molecule has 6 rings (SSSR count). The highest BCUT2D eigenvalue weighted by molar-refractivity contribution is 14.1. The maximum atomic E-state index is 14.3. The third-order valence-corrected chi connectivity index (χ3v) is 9.97. The van der Waals surface area contributed by atoms with Crippen molar-refractivity contribution in [2.75, 3.05) is 12.4 Å². The number of aromatic nitrogens is 1. The second-order valence-corrected chi connectivity index (χ2v) is 13.9. The molecule has 1 aliphatic rings. The average Bonchev–Trinajstić information content (AvgIpc) is 3.34. The molecule has 232 valence electrons. The van der Waals surface area contributed by atoms with Gasteiger partial charge in [0.05, 0.1) is 32.5 Å². The summed E-state index contributed by atoms with van der Waals surface area (Å²) in [7, 11) is 1.58. The highest BCUT2D eigenvalue weighted by Gasteiger charge is 2.33. The van der Waals surface area contributed by atoms with E-state index >= 15 is 0 Å². The lowest BCUT2D eigenvalue weighted by Crippen LogP contribution is -2.40. The van der Waals surface area contributed by atoms with Crippen molar-refractivity contribution < 1.29 is 14.3 Å². The number of anilines is 1. The van der Waals surface area contributed by atoms with Gasteiger partial charge in [-0.2, -0.15) is 0 Å². The lowest BCUT2D eigenvalue weighted by molar-refractivity contribution is -0.113. The molecule has 5 aromatic rings. The quantitative estimate of drug-likeness (QED) is 0.165. The number of nitrogens with zero attached hydrogens (tertiary/aromatic N) is 2. The monoisotopic (exact) mass is 825 g/mol. The lowest BCUT2D eigenvalue weighted by Gasteiger charge is -2.25. The third-order valence-electron chi connectivity index (χ3n) is 7.36. The Bertz CT molecular complexity index is 2180. The summed E-state index contributed by atoms with van der Waals surface area (Å²) < 4.78 is 15.5. The minimum Gasteiger partial charge on any atom is -0.497 e. The van der Waals surface area contributed by atoms with Crippen LogP contribution in [-0.2, 0) is 11.4 Å². The van der Waals surface area contributed by atoms with Crippen LogP contribution in [0.3, 0.4) is 0 Å². The number of rotatable bonds is 8. The van der Waals surface area contributed by atoms with Gasteiger partial charge < -0.3 is 14.8 Å². The molecule has 11 heteroatoms. The van der Waals surface area contributed by atoms with E-state index in [2.05, 4.69) is 43.8 Å². The fourth-order valence-corrected chi connectivity index (χ4v) is 8.14. The molecule has 0 spiro atoms. The predicted octanol–water partition coefficient (Wildman–Crippen LogP) is 7.48. The van der Waals surface area contributed by atoms with Crippen LogP contribution in [0.4, 0.5) is 5.69 Å². The van der Waals surface area contributed by atoms with E-state index in [0.29, 0.717) is 48.4 Å². The van der Waals surface area contributed by atoms with Gasteiger partial charge in [-0.3, -0.25) is 14.2 Å². The molecule has 0 radical (unpaired) electrons. The number of para-hydroxylation sites is 1. The highest BCUT2D eigenvalue weighted by Crippen LogP contribution is 2.34. The van der Waals surface area contributed by atoms with E-state index in [9.17, 15) is 9.59 Å². The van der Waals surface area contributed by atoms with Crippen molar-refractivity contribution in [3.63, 3.8) is 0 Å². The summed E-state index contributed by atoms with van der Waals surface area (Å²) >= 11 is 13.5. The van der Waals surface area contributed by atoms with Crippen LogP contribution in [0.15, 0.2) is 117 Å². The number of carbonyl (C=O) groups excluding carboxylic acids is 1. The Morgan fingerprint density at radius 2 is 1.85 bits per heavy atom. The van der Waals surface area contributed by atoms with Gasteiger partial charge in [0, 0.05) is 26.3 Å². The largest absolute Gasteiger partial charge is 0.497 e. The Morgan fingerprint density at radius 1 is 1.09 bits per heavy atom. The van der Waals surface area contributed by atoms with Crippen LogP contribution in [-0.4, -0.2) is 17.6 Å². The van der Waals surface area contributed by atoms with E-state index in [1.165, 1.54) is 11.3 Å². The van der Waals surface area contributed by atoms with Crippen LogP contribution in [0.25, 0.3) is 6.08 Å². The first kappa shape index (κ1) is 32.2. The van der Waals surface area contributed by atoms with Crippen LogP contribution in [0.5, 0.6) is 11.5 Å². The number of halogens is 3. The van der Waals surface area contributed by atoms with Crippen molar-refractivity contribution >= 4 is 79.1 Å². The number of fused-ring (bicyclic) bond motifs is 1. The molecule has 0 saturated heterocycles. The maximum absolute atomic E-state index is 14.3. The first-order chi connectivity index (χ1) is 22.2. The summed E-state index contributed by atoms with van der Waals surface area (Å²) in [4.78, 5) is 33.4. The standard InChI is InChI=1S/C35H26BrClIN3O4S/c1-20-30(33(42)40-25-11-4-3-5-12-25)31(21-10-8-13-26(16-21)44-2)41-34(43)29(46-35(41)39-20)17-23-15-24(36)18-28(38)32(23)45-19-22-9-6-7-14-27(22)37/h3-18,31H,19H2,1-2H3,(H,40,42)/b29-17-/t31-/m0/s1. The Morgan fingerprint density at radius 3 is 2.61 bits per heavy atom. The van der Waals surface area contributed by atoms with Gasteiger partial charge in [0.1, 0.15) is 18.1 Å². The van der Waals surface area contributed by atoms with Gasteiger partial charge >= 0.3 is 0 Å². The van der Waals surface area contributed by atoms with E-state index in [4.69, 9.17) is 26.1 Å². The normalized spacial score (nSPS) is 14.5. The molecular weight excluding hydrogens is 801 g/mol. The SMILES string of the molecule is COc1cccc([C@H]2C(C(=O)Nc3ccccc3)=C(C)N=c3s/c(=C\c4cc(Br)cc(I)c4OCc4ccccc4Cl)c(=O)n32)c1. The van der Waals surface area contributed by atoms with Gasteiger partial charge in [-0.25, -0.2) is 4.99 Å². The molecular formula is C35H26BrClIN3O4S. The maximum Gasteiger partial charge on any atom is 0.271 e. The van der Waals surface area contributed by atoms with E-state index in [1.54, 1.807) is 18.6 Å². The smallest absolute Gasteiger partial charge is 0.271 e. The highest BCUT2D eigenvalue weighted by atomic mass is 127. The van der Waals surface area contributed by atoms with Crippen LogP contribution < -0.4 is 29.7 Å². The van der Waals surface area contributed by atoms with Gasteiger partial charge in [-0.05, 0) is 83.6 Å². The van der Waals surface area contributed by atoms with Crippen molar-refractivity contribution in [2.45, 2.75) is 19.6 Å². The number of ether oxygens (including phenoxy) is 2. The Kier molecular flexibility index (Phi) is 9.78. The van der Waals surface area contributed by atoms with Crippen LogP contribution in [0, 0.1) is 3.57 Å². The van der Waals surface area contributed by atoms with E-state index in [1.807, 2.05) is 97.1 Å². The molecule has 0 unspecified atom stereocenters. The van der Waals surface area contributed by atoms with E-state index in [-0.39, 0.29) is 18.1 Å². The topological polar surface area (TPSA) is 81.9 Å². The third kappa shape index (κ3) is 6.71. The van der Waals surface area contributed by atoms with Crippen molar-refractivity contribution in [2.24, 2.45) is 4.99 Å². The van der Waals surface area contributed by atoms with Gasteiger partial charge in [0.2, 0.25) is 0 Å². The van der Waals surface area contributed by atoms with Gasteiger partial charge in [-0.15, -0.1) is 0 Å². The summed E-state index contributed by atoms with van der Waals surface area (Å²) in [5.74, 6) is 0.894. The number of benzene rings is 4. The van der Waals surface area contributed by atoms with Crippen LogP contribution >= 0.6 is 61.5 Å². The Balaban J connectivity index is 1.48. The molecule has 1 atom stereocenters. The second-order valence-electron chi connectivity index (χ2n) is 10.4. The summed E-state index contributed by atoms with van der Waals surface area (Å²) in [5, 5.41) is 3.59. The molecule has 7 nitrogen and oxygen atoms in total. The minimum atomic E-state index is -0.740. The zero-order chi connectivity index (χ0) is 32.4. The number of hydrogen-bond acceptors (Lipinski definition) is 6. The number of carbonyl (C=O) groups is 1. The second kappa shape index (κ2) is 14.0. The minimum absolute atomic E-state index is 0.258. The molecule has 0 bridgehead atoms. The van der Waals surface area contributed by atoms with Gasteiger partial charge in [0.15, 0.2) is 4.80 Å². The fraction of sp³-hybridized carbons (Fsp3) is 0.114. The Hall–Kier alpha value is -3.71. The number of thiazole rings is 1. The molecule has 2 heterocycles. The fourth-order valence-electron chi connectivity index (χ4n) is 5.21. The summed E-state index contributed by atoms with van der Waals surface area (Å²) in [6.07, 6.45) is 1.81. The molecule has 0 saturated carbocycles. The van der Waals surface area contributed by atoms with Crippen LogP contribution in [0.1, 0.15) is 29.7 Å². The first-order valence-corrected chi connectivity index (χ1v) is 17.2. The molecule has 46 heavy (non-hydrogen) atoms. The van der Waals surface area contributed by atoms with Gasteiger partial charge in [0.25, 0.3) is 11.5 Å². The number of amides is 1. The molecule has 0 fully saturated rings. The zero-order valence-corrected chi connectivity index (χ0v) is 29.9. The first-order valence-electron chi connectivity index (χ1n) is 14.1. The van der Waals surface area contributed by atoms with Crippen molar-refractivity contribution in [3.8, 4) is 11.5 Å². The molecule has 4 aromatic carbocycles.